The summed E-state index contributed by atoms with van der Waals surface area (Å²) in [4.78, 5) is 10.4. The topological polar surface area (TPSA) is 43.1 Å². The third-order valence-corrected chi connectivity index (χ3v) is 1.78. The Kier molecular flexibility index (Phi) is 3.19. The Balaban J connectivity index is 2.95. The van der Waals surface area contributed by atoms with E-state index in [9.17, 15) is 9.18 Å². The number of halogens is 2. The van der Waals surface area contributed by atoms with Crippen molar-refractivity contribution in [1.82, 2.24) is 0 Å². The fourth-order valence-electron chi connectivity index (χ4n) is 0.850. The molecule has 68 valence electrons. The number of hydrogen-bond donors (Lipinski definition) is 1. The van der Waals surface area contributed by atoms with Gasteiger partial charge in [-0.25, -0.2) is 4.39 Å². The average molecular weight is 244 g/mol. The van der Waals surface area contributed by atoms with Crippen molar-refractivity contribution in [3.8, 4) is 0 Å². The molecule has 1 rings (SSSR count). The van der Waals surface area contributed by atoms with E-state index in [1.54, 1.807) is 6.07 Å². The van der Waals surface area contributed by atoms with E-state index < -0.39 is 5.91 Å². The third-order valence-electron chi connectivity index (χ3n) is 1.32. The highest BCUT2D eigenvalue weighted by Crippen LogP contribution is 2.15. The molecule has 2 N–H and O–H groups in total. The molecule has 0 unspecified atom stereocenters. The molecule has 0 aromatic heterocycles. The van der Waals surface area contributed by atoms with Gasteiger partial charge in [0.15, 0.2) is 0 Å². The van der Waals surface area contributed by atoms with Gasteiger partial charge in [-0.1, -0.05) is 15.9 Å². The molecule has 1 aromatic carbocycles. The summed E-state index contributed by atoms with van der Waals surface area (Å²) >= 11 is 3.13. The normalized spacial score (nSPS) is 10.6. The maximum atomic E-state index is 12.8. The zero-order valence-corrected chi connectivity index (χ0v) is 8.21. The Morgan fingerprint density at radius 3 is 2.69 bits per heavy atom. The number of benzene rings is 1. The summed E-state index contributed by atoms with van der Waals surface area (Å²) in [7, 11) is 0. The van der Waals surface area contributed by atoms with E-state index in [0.717, 1.165) is 0 Å². The van der Waals surface area contributed by atoms with Gasteiger partial charge in [-0.15, -0.1) is 0 Å². The second-order valence-corrected chi connectivity index (χ2v) is 3.35. The molecule has 0 fully saturated rings. The molecule has 0 aliphatic rings. The zero-order chi connectivity index (χ0) is 9.84. The molecular formula is C9H7BrFNO. The summed E-state index contributed by atoms with van der Waals surface area (Å²) in [5.41, 5.74) is 5.47. The van der Waals surface area contributed by atoms with E-state index in [-0.39, 0.29) is 5.82 Å². The van der Waals surface area contributed by atoms with E-state index in [1.807, 2.05) is 0 Å². The zero-order valence-electron chi connectivity index (χ0n) is 6.63. The number of rotatable bonds is 2. The molecular weight excluding hydrogens is 237 g/mol. The average Bonchev–Trinajstić information content (AvgIpc) is 1.99. The van der Waals surface area contributed by atoms with Crippen LogP contribution in [0.2, 0.25) is 0 Å². The first-order valence-electron chi connectivity index (χ1n) is 3.51. The van der Waals surface area contributed by atoms with E-state index in [2.05, 4.69) is 15.9 Å². The Morgan fingerprint density at radius 2 is 2.15 bits per heavy atom. The van der Waals surface area contributed by atoms with Crippen LogP contribution in [0.4, 0.5) is 4.39 Å². The van der Waals surface area contributed by atoms with Gasteiger partial charge >= 0.3 is 0 Å². The lowest BCUT2D eigenvalue weighted by molar-refractivity contribution is -0.113. The lowest BCUT2D eigenvalue weighted by Gasteiger charge is -1.95. The van der Waals surface area contributed by atoms with Gasteiger partial charge in [0.1, 0.15) is 5.82 Å². The van der Waals surface area contributed by atoms with Gasteiger partial charge in [-0.2, -0.15) is 0 Å². The van der Waals surface area contributed by atoms with Crippen LogP contribution in [0.3, 0.4) is 0 Å². The van der Waals surface area contributed by atoms with Crippen LogP contribution in [-0.4, -0.2) is 5.91 Å². The Hall–Kier alpha value is -1.16. The molecule has 0 atom stereocenters. The van der Waals surface area contributed by atoms with E-state index in [0.29, 0.717) is 10.0 Å². The van der Waals surface area contributed by atoms with Crippen LogP contribution in [0.15, 0.2) is 28.7 Å². The molecule has 0 spiro atoms. The Bertz CT molecular complexity index is 342. The van der Waals surface area contributed by atoms with Gasteiger partial charge in [0.05, 0.1) is 0 Å². The van der Waals surface area contributed by atoms with Crippen LogP contribution in [0.1, 0.15) is 5.56 Å². The van der Waals surface area contributed by atoms with Crippen molar-refractivity contribution in [3.63, 3.8) is 0 Å². The number of amides is 1. The molecule has 0 aliphatic heterocycles. The smallest absolute Gasteiger partial charge is 0.241 e. The molecule has 0 radical (unpaired) electrons. The molecule has 2 nitrogen and oxygen atoms in total. The largest absolute Gasteiger partial charge is 0.366 e. The summed E-state index contributed by atoms with van der Waals surface area (Å²) in [6, 6.07) is 4.33. The summed E-state index contributed by atoms with van der Waals surface area (Å²) in [6.45, 7) is 0. The molecule has 0 aliphatic carbocycles. The van der Waals surface area contributed by atoms with Crippen molar-refractivity contribution >= 4 is 27.9 Å². The van der Waals surface area contributed by atoms with Gasteiger partial charge in [-0.05, 0) is 29.8 Å². The predicted molar refractivity (Wildman–Crippen MR) is 52.3 cm³/mol. The monoisotopic (exact) mass is 243 g/mol. The number of carbonyl (C=O) groups excluding carboxylic acids is 1. The lowest BCUT2D eigenvalue weighted by atomic mass is 10.2. The van der Waals surface area contributed by atoms with Gasteiger partial charge in [0, 0.05) is 10.5 Å². The van der Waals surface area contributed by atoms with Crippen LogP contribution in [-0.2, 0) is 4.79 Å². The number of carbonyl (C=O) groups is 1. The fourth-order valence-corrected chi connectivity index (χ4v) is 1.33. The van der Waals surface area contributed by atoms with Gasteiger partial charge in [-0.3, -0.25) is 4.79 Å². The van der Waals surface area contributed by atoms with E-state index in [1.165, 1.54) is 24.3 Å². The predicted octanol–water partition coefficient (Wildman–Crippen LogP) is 2.09. The van der Waals surface area contributed by atoms with E-state index in [4.69, 9.17) is 5.73 Å². The first kappa shape index (κ1) is 9.92. The summed E-state index contributed by atoms with van der Waals surface area (Å²) in [6.07, 6.45) is 2.64. The lowest BCUT2D eigenvalue weighted by Crippen LogP contribution is -2.05. The molecule has 0 saturated heterocycles. The van der Waals surface area contributed by atoms with Crippen molar-refractivity contribution < 1.29 is 9.18 Å². The summed E-state index contributed by atoms with van der Waals surface area (Å²) < 4.78 is 13.4. The first-order chi connectivity index (χ1) is 6.08. The van der Waals surface area contributed by atoms with Gasteiger partial charge in [0.25, 0.3) is 0 Å². The van der Waals surface area contributed by atoms with Gasteiger partial charge in [0.2, 0.25) is 5.91 Å². The number of hydrogen-bond acceptors (Lipinski definition) is 1. The van der Waals surface area contributed by atoms with Crippen LogP contribution in [0, 0.1) is 5.82 Å². The fraction of sp³-hybridized carbons (Fsp3) is 0. The van der Waals surface area contributed by atoms with Gasteiger partial charge < -0.3 is 5.73 Å². The maximum Gasteiger partial charge on any atom is 0.241 e. The van der Waals surface area contributed by atoms with Crippen molar-refractivity contribution in [2.75, 3.05) is 0 Å². The molecule has 0 saturated carbocycles. The molecule has 1 amide bonds. The Labute approximate surface area is 83.4 Å². The highest BCUT2D eigenvalue weighted by Gasteiger charge is 1.95. The number of primary amides is 1. The second kappa shape index (κ2) is 4.18. The first-order valence-corrected chi connectivity index (χ1v) is 4.31. The minimum atomic E-state index is -0.555. The molecule has 13 heavy (non-hydrogen) atoms. The summed E-state index contributed by atoms with van der Waals surface area (Å²) in [5, 5.41) is 0. The molecule has 1 aromatic rings. The van der Waals surface area contributed by atoms with Crippen molar-refractivity contribution in [2.24, 2.45) is 5.73 Å². The SMILES string of the molecule is NC(=O)/C=C\c1cc(F)cc(Br)c1. The third kappa shape index (κ3) is 3.38. The van der Waals surface area contributed by atoms with Crippen LogP contribution >= 0.6 is 15.9 Å². The maximum absolute atomic E-state index is 12.8. The number of nitrogens with two attached hydrogens (primary N) is 1. The molecule has 4 heteroatoms. The van der Waals surface area contributed by atoms with Crippen LogP contribution in [0.5, 0.6) is 0 Å². The quantitative estimate of drug-likeness (QED) is 0.795. The molecule has 0 bridgehead atoms. The second-order valence-electron chi connectivity index (χ2n) is 2.44. The van der Waals surface area contributed by atoms with Crippen LogP contribution in [0.25, 0.3) is 6.08 Å². The van der Waals surface area contributed by atoms with Crippen LogP contribution < -0.4 is 5.73 Å². The highest BCUT2D eigenvalue weighted by molar-refractivity contribution is 9.10. The van der Waals surface area contributed by atoms with Crippen molar-refractivity contribution in [1.29, 1.82) is 0 Å². The minimum absolute atomic E-state index is 0.363. The summed E-state index contributed by atoms with van der Waals surface area (Å²) in [5.74, 6) is -0.918. The molecule has 0 heterocycles. The van der Waals surface area contributed by atoms with Crippen molar-refractivity contribution in [2.45, 2.75) is 0 Å². The minimum Gasteiger partial charge on any atom is -0.366 e. The highest BCUT2D eigenvalue weighted by atomic mass is 79.9. The Morgan fingerprint density at radius 1 is 1.46 bits per heavy atom. The van der Waals surface area contributed by atoms with Crippen molar-refractivity contribution in [3.05, 3.63) is 40.1 Å². The standard InChI is InChI=1S/C9H7BrFNO/c10-7-3-6(1-2-9(12)13)4-8(11)5-7/h1-5H,(H2,12,13)/b2-1-. The van der Waals surface area contributed by atoms with E-state index >= 15 is 0 Å².